The van der Waals surface area contributed by atoms with E-state index in [0.29, 0.717) is 19.8 Å². The van der Waals surface area contributed by atoms with E-state index in [9.17, 15) is 0 Å². The highest BCUT2D eigenvalue weighted by Crippen LogP contribution is 2.37. The minimum Gasteiger partial charge on any atom is -0.394 e. The van der Waals surface area contributed by atoms with Crippen LogP contribution in [0.4, 0.5) is 0 Å². The Morgan fingerprint density at radius 2 is 2.06 bits per heavy atom. The van der Waals surface area contributed by atoms with Gasteiger partial charge in [0.15, 0.2) is 5.79 Å². The number of hydrogen-bond donors (Lipinski definition) is 2. The molecule has 0 radical (unpaired) electrons. The summed E-state index contributed by atoms with van der Waals surface area (Å²) < 4.78 is 17.1. The van der Waals surface area contributed by atoms with Gasteiger partial charge in [-0.3, -0.25) is 0 Å². The van der Waals surface area contributed by atoms with E-state index in [4.69, 9.17) is 19.3 Å². The Bertz CT molecular complexity index is 231. The van der Waals surface area contributed by atoms with Crippen LogP contribution in [-0.2, 0) is 14.2 Å². The van der Waals surface area contributed by atoms with E-state index in [2.05, 4.69) is 5.32 Å². The van der Waals surface area contributed by atoms with Gasteiger partial charge in [-0.1, -0.05) is 6.42 Å². The Balaban J connectivity index is 1.55. The Morgan fingerprint density at radius 3 is 2.83 bits per heavy atom. The predicted molar refractivity (Wildman–Crippen MR) is 67.4 cm³/mol. The third kappa shape index (κ3) is 4.17. The molecule has 5 heteroatoms. The molecule has 18 heavy (non-hydrogen) atoms. The number of hydrogen-bond acceptors (Lipinski definition) is 5. The number of ether oxygens (including phenoxy) is 3. The van der Waals surface area contributed by atoms with E-state index >= 15 is 0 Å². The van der Waals surface area contributed by atoms with Crippen molar-refractivity contribution in [1.29, 1.82) is 0 Å². The van der Waals surface area contributed by atoms with Crippen molar-refractivity contribution in [2.45, 2.75) is 44.0 Å². The number of aliphatic hydroxyl groups excluding tert-OH is 1. The van der Waals surface area contributed by atoms with Crippen LogP contribution in [0, 0.1) is 0 Å². The molecule has 0 aromatic rings. The summed E-state index contributed by atoms with van der Waals surface area (Å²) in [7, 11) is 0. The third-order valence-electron chi connectivity index (χ3n) is 3.56. The van der Waals surface area contributed by atoms with Gasteiger partial charge in [-0.2, -0.15) is 0 Å². The average molecular weight is 259 g/mol. The molecule has 1 saturated carbocycles. The lowest BCUT2D eigenvalue weighted by atomic mass is 9.94. The van der Waals surface area contributed by atoms with E-state index < -0.39 is 0 Å². The standard InChI is InChI=1S/C13H25NO4/c15-7-9-16-8-6-14-10-12-11-17-13(18-12)4-2-1-3-5-13/h12,14-15H,1-11H2/t12-/m0/s1. The van der Waals surface area contributed by atoms with Gasteiger partial charge in [0.2, 0.25) is 0 Å². The van der Waals surface area contributed by atoms with Crippen molar-refractivity contribution in [2.75, 3.05) is 39.5 Å². The zero-order valence-corrected chi connectivity index (χ0v) is 11.0. The van der Waals surface area contributed by atoms with Crippen molar-refractivity contribution in [3.63, 3.8) is 0 Å². The first-order chi connectivity index (χ1) is 8.85. The second kappa shape index (κ2) is 7.40. The normalized spacial score (nSPS) is 26.8. The lowest BCUT2D eigenvalue weighted by Gasteiger charge is -2.31. The van der Waals surface area contributed by atoms with Gasteiger partial charge < -0.3 is 24.6 Å². The summed E-state index contributed by atoms with van der Waals surface area (Å²) >= 11 is 0. The Hall–Kier alpha value is -0.200. The maximum Gasteiger partial charge on any atom is 0.168 e. The van der Waals surface area contributed by atoms with Gasteiger partial charge >= 0.3 is 0 Å². The molecule has 0 aromatic carbocycles. The largest absolute Gasteiger partial charge is 0.394 e. The number of rotatable bonds is 7. The number of aliphatic hydroxyl groups is 1. The third-order valence-corrected chi connectivity index (χ3v) is 3.56. The van der Waals surface area contributed by atoms with Crippen LogP contribution in [0.2, 0.25) is 0 Å². The molecule has 0 bridgehead atoms. The zero-order chi connectivity index (χ0) is 12.7. The monoisotopic (exact) mass is 259 g/mol. The molecular formula is C13H25NO4. The van der Waals surface area contributed by atoms with Crippen molar-refractivity contribution in [2.24, 2.45) is 0 Å². The molecule has 1 heterocycles. The molecule has 2 aliphatic rings. The van der Waals surface area contributed by atoms with Gasteiger partial charge in [0, 0.05) is 25.9 Å². The van der Waals surface area contributed by atoms with Crippen LogP contribution in [0.3, 0.4) is 0 Å². The maximum atomic E-state index is 8.55. The highest BCUT2D eigenvalue weighted by molar-refractivity contribution is 4.83. The van der Waals surface area contributed by atoms with E-state index in [1.807, 2.05) is 0 Å². The molecule has 106 valence electrons. The number of nitrogens with one attached hydrogen (secondary N) is 1. The van der Waals surface area contributed by atoms with Crippen molar-refractivity contribution in [3.05, 3.63) is 0 Å². The van der Waals surface area contributed by atoms with E-state index in [-0.39, 0.29) is 18.5 Å². The first-order valence-electron chi connectivity index (χ1n) is 7.06. The molecule has 5 nitrogen and oxygen atoms in total. The summed E-state index contributed by atoms with van der Waals surface area (Å²) in [4.78, 5) is 0. The van der Waals surface area contributed by atoms with Crippen LogP contribution in [0.15, 0.2) is 0 Å². The minimum absolute atomic E-state index is 0.0854. The first-order valence-corrected chi connectivity index (χ1v) is 7.06. The molecule has 1 spiro atoms. The molecule has 2 fully saturated rings. The van der Waals surface area contributed by atoms with Crippen LogP contribution in [0.5, 0.6) is 0 Å². The summed E-state index contributed by atoms with van der Waals surface area (Å²) in [5, 5.41) is 11.9. The Labute approximate surface area is 109 Å². The summed E-state index contributed by atoms with van der Waals surface area (Å²) in [6, 6.07) is 0. The molecule has 2 rings (SSSR count). The summed E-state index contributed by atoms with van der Waals surface area (Å²) in [6.07, 6.45) is 6.00. The molecule has 0 amide bonds. The SMILES string of the molecule is OCCOCCNC[C@H]1COC2(CCCCC2)O1. The van der Waals surface area contributed by atoms with Gasteiger partial charge in [-0.05, 0) is 12.8 Å². The molecule has 1 atom stereocenters. The van der Waals surface area contributed by atoms with Gasteiger partial charge in [0.25, 0.3) is 0 Å². The summed E-state index contributed by atoms with van der Waals surface area (Å²) in [5.41, 5.74) is 0. The van der Waals surface area contributed by atoms with Crippen LogP contribution in [-0.4, -0.2) is 56.5 Å². The fourth-order valence-electron chi connectivity index (χ4n) is 2.64. The molecule has 1 aliphatic heterocycles. The lowest BCUT2D eigenvalue weighted by Crippen LogP contribution is -2.36. The van der Waals surface area contributed by atoms with E-state index in [1.54, 1.807) is 0 Å². The quantitative estimate of drug-likeness (QED) is 0.658. The fraction of sp³-hybridized carbons (Fsp3) is 1.00. The Kier molecular flexibility index (Phi) is 5.85. The van der Waals surface area contributed by atoms with Gasteiger partial charge in [0.1, 0.15) is 0 Å². The Morgan fingerprint density at radius 1 is 1.22 bits per heavy atom. The van der Waals surface area contributed by atoms with E-state index in [0.717, 1.165) is 25.9 Å². The van der Waals surface area contributed by atoms with Crippen molar-refractivity contribution in [1.82, 2.24) is 5.32 Å². The van der Waals surface area contributed by atoms with Crippen LogP contribution in [0.25, 0.3) is 0 Å². The van der Waals surface area contributed by atoms with E-state index in [1.165, 1.54) is 19.3 Å². The van der Waals surface area contributed by atoms with Gasteiger partial charge in [0.05, 0.1) is 32.5 Å². The van der Waals surface area contributed by atoms with Crippen molar-refractivity contribution < 1.29 is 19.3 Å². The van der Waals surface area contributed by atoms with Crippen molar-refractivity contribution >= 4 is 0 Å². The minimum atomic E-state index is -0.266. The summed E-state index contributed by atoms with van der Waals surface area (Å²) in [6.45, 7) is 3.41. The summed E-state index contributed by atoms with van der Waals surface area (Å²) in [5.74, 6) is -0.266. The second-order valence-electron chi connectivity index (χ2n) is 5.06. The maximum absolute atomic E-state index is 8.55. The zero-order valence-electron chi connectivity index (χ0n) is 11.0. The highest BCUT2D eigenvalue weighted by Gasteiger charge is 2.41. The first kappa shape index (κ1) is 14.2. The van der Waals surface area contributed by atoms with Crippen LogP contribution in [0.1, 0.15) is 32.1 Å². The lowest BCUT2D eigenvalue weighted by molar-refractivity contribution is -0.186. The van der Waals surface area contributed by atoms with Crippen LogP contribution < -0.4 is 5.32 Å². The fourth-order valence-corrected chi connectivity index (χ4v) is 2.64. The molecular weight excluding hydrogens is 234 g/mol. The average Bonchev–Trinajstić information content (AvgIpc) is 2.78. The van der Waals surface area contributed by atoms with Crippen molar-refractivity contribution in [3.8, 4) is 0 Å². The molecule has 2 N–H and O–H groups in total. The molecule has 0 aromatic heterocycles. The van der Waals surface area contributed by atoms with Gasteiger partial charge in [-0.15, -0.1) is 0 Å². The molecule has 1 saturated heterocycles. The molecule has 0 unspecified atom stereocenters. The molecule has 1 aliphatic carbocycles. The van der Waals surface area contributed by atoms with Crippen LogP contribution >= 0.6 is 0 Å². The predicted octanol–water partition coefficient (Wildman–Crippen LogP) is 0.661. The smallest absolute Gasteiger partial charge is 0.168 e. The van der Waals surface area contributed by atoms with Gasteiger partial charge in [-0.25, -0.2) is 0 Å². The second-order valence-corrected chi connectivity index (χ2v) is 5.06. The topological polar surface area (TPSA) is 60.0 Å². The highest BCUT2D eigenvalue weighted by atomic mass is 16.7.